The molecule has 2 aliphatic heterocycles. The van der Waals surface area contributed by atoms with Crippen LogP contribution in [0.4, 0.5) is 0 Å². The smallest absolute Gasteiger partial charge is 0.337 e. The molecule has 0 aromatic heterocycles. The van der Waals surface area contributed by atoms with Crippen LogP contribution >= 0.6 is 0 Å². The van der Waals surface area contributed by atoms with Gasteiger partial charge in [-0.2, -0.15) is 0 Å². The lowest BCUT2D eigenvalue weighted by Gasteiger charge is -2.43. The third kappa shape index (κ3) is 6.01. The topological polar surface area (TPSA) is 181 Å². The van der Waals surface area contributed by atoms with Crippen molar-refractivity contribution in [2.45, 2.75) is 49.8 Å². The standard InChI is InChI=1S/C26H32O12/c1-34-24(33)17-12-36-25(38-26-23(32)22(31)21(30)18(10-27)37-26)20-14(5-8-16(17)20)11-35-19(29)9-4-13-2-6-15(28)7-3-13/h2-4,6-7,9,12,14,16,18,20-23,25-28,30-32H,5,8,10-11H2,1H3/t14-,16-,18-,20-,21-,22+,23-,25+,26+/m0/s1. The van der Waals surface area contributed by atoms with Gasteiger partial charge in [-0.25, -0.2) is 9.59 Å². The number of esters is 2. The van der Waals surface area contributed by atoms with Gasteiger partial charge >= 0.3 is 11.9 Å². The van der Waals surface area contributed by atoms with Crippen molar-refractivity contribution in [1.29, 1.82) is 0 Å². The van der Waals surface area contributed by atoms with Crippen molar-refractivity contribution < 1.29 is 58.8 Å². The predicted molar refractivity (Wildman–Crippen MR) is 128 cm³/mol. The fourth-order valence-corrected chi connectivity index (χ4v) is 5.13. The molecule has 1 aromatic carbocycles. The van der Waals surface area contributed by atoms with Gasteiger partial charge in [-0.15, -0.1) is 0 Å². The van der Waals surface area contributed by atoms with E-state index in [0.29, 0.717) is 24.0 Å². The maximum atomic E-state index is 12.4. The van der Waals surface area contributed by atoms with Crippen LogP contribution in [0.2, 0.25) is 0 Å². The molecule has 1 aromatic rings. The first-order valence-electron chi connectivity index (χ1n) is 12.3. The molecule has 208 valence electrons. The average molecular weight is 537 g/mol. The zero-order valence-electron chi connectivity index (χ0n) is 20.7. The largest absolute Gasteiger partial charge is 0.508 e. The molecule has 5 N–H and O–H groups in total. The molecule has 0 bridgehead atoms. The van der Waals surface area contributed by atoms with Gasteiger partial charge in [0.05, 0.1) is 32.2 Å². The minimum atomic E-state index is -1.64. The molecule has 0 radical (unpaired) electrons. The van der Waals surface area contributed by atoms with Crippen molar-refractivity contribution in [2.24, 2.45) is 17.8 Å². The number of phenols is 1. The number of aliphatic hydroxyl groups excluding tert-OH is 4. The zero-order chi connectivity index (χ0) is 27.4. The summed E-state index contributed by atoms with van der Waals surface area (Å²) in [7, 11) is 1.25. The number of ether oxygens (including phenoxy) is 5. The summed E-state index contributed by atoms with van der Waals surface area (Å²) < 4.78 is 27.4. The van der Waals surface area contributed by atoms with Gasteiger partial charge in [0.15, 0.2) is 6.29 Å². The summed E-state index contributed by atoms with van der Waals surface area (Å²) >= 11 is 0. The van der Waals surface area contributed by atoms with Crippen molar-refractivity contribution in [3.63, 3.8) is 0 Å². The van der Waals surface area contributed by atoms with Crippen molar-refractivity contribution in [3.05, 3.63) is 47.7 Å². The normalized spacial score (nSPS) is 34.8. The summed E-state index contributed by atoms with van der Waals surface area (Å²) in [5.41, 5.74) is 0.995. The van der Waals surface area contributed by atoms with E-state index < -0.39 is 61.5 Å². The summed E-state index contributed by atoms with van der Waals surface area (Å²) in [4.78, 5) is 24.7. The Balaban J connectivity index is 1.46. The van der Waals surface area contributed by atoms with Gasteiger partial charge in [-0.05, 0) is 36.6 Å². The van der Waals surface area contributed by atoms with E-state index >= 15 is 0 Å². The lowest BCUT2D eigenvalue weighted by Crippen LogP contribution is -2.60. The van der Waals surface area contributed by atoms with Crippen molar-refractivity contribution in [1.82, 2.24) is 0 Å². The summed E-state index contributed by atoms with van der Waals surface area (Å²) in [6, 6.07) is 6.27. The minimum Gasteiger partial charge on any atom is -0.508 e. The Labute approximate surface area is 218 Å². The van der Waals surface area contributed by atoms with E-state index in [-0.39, 0.29) is 24.2 Å². The molecule has 9 atom stereocenters. The first-order chi connectivity index (χ1) is 18.2. The number of rotatable bonds is 8. The highest BCUT2D eigenvalue weighted by molar-refractivity contribution is 5.89. The Morgan fingerprint density at radius 2 is 1.79 bits per heavy atom. The van der Waals surface area contributed by atoms with Crippen LogP contribution in [0.3, 0.4) is 0 Å². The first-order valence-corrected chi connectivity index (χ1v) is 12.3. The maximum Gasteiger partial charge on any atom is 0.337 e. The number of aliphatic hydroxyl groups is 4. The molecule has 38 heavy (non-hydrogen) atoms. The molecule has 1 saturated carbocycles. The summed E-state index contributed by atoms with van der Waals surface area (Å²) in [6.07, 6.45) is -3.33. The highest BCUT2D eigenvalue weighted by Gasteiger charge is 2.52. The fourth-order valence-electron chi connectivity index (χ4n) is 5.13. The maximum absolute atomic E-state index is 12.4. The predicted octanol–water partition coefficient (Wildman–Crippen LogP) is -0.179. The number of carbonyl (C=O) groups is 2. The summed E-state index contributed by atoms with van der Waals surface area (Å²) in [5, 5.41) is 49.4. The van der Waals surface area contributed by atoms with Gasteiger partial charge in [0.1, 0.15) is 30.2 Å². The molecule has 12 heteroatoms. The van der Waals surface area contributed by atoms with Crippen LogP contribution in [0.25, 0.3) is 6.08 Å². The molecule has 0 spiro atoms. The molecule has 1 aliphatic carbocycles. The van der Waals surface area contributed by atoms with E-state index in [0.717, 1.165) is 0 Å². The van der Waals surface area contributed by atoms with Crippen LogP contribution < -0.4 is 0 Å². The van der Waals surface area contributed by atoms with E-state index in [4.69, 9.17) is 23.7 Å². The number of methoxy groups -OCH3 is 1. The number of aromatic hydroxyl groups is 1. The Hall–Kier alpha value is -3.00. The molecule has 1 saturated heterocycles. The molecule has 4 rings (SSSR count). The Kier molecular flexibility index (Phi) is 9.03. The lowest BCUT2D eigenvalue weighted by molar-refractivity contribution is -0.342. The Morgan fingerprint density at radius 3 is 2.47 bits per heavy atom. The number of hydrogen-bond acceptors (Lipinski definition) is 12. The Morgan fingerprint density at radius 1 is 1.05 bits per heavy atom. The van der Waals surface area contributed by atoms with E-state index in [1.807, 2.05) is 0 Å². The summed E-state index contributed by atoms with van der Waals surface area (Å²) in [6.45, 7) is -0.628. The molecule has 0 amide bonds. The van der Waals surface area contributed by atoms with Crippen LogP contribution in [0, 0.1) is 17.8 Å². The number of hydrogen-bond donors (Lipinski definition) is 5. The zero-order valence-corrected chi connectivity index (χ0v) is 20.7. The fraction of sp³-hybridized carbons (Fsp3) is 0.538. The number of phenolic OH excluding ortho intramolecular Hbond substituents is 1. The molecular formula is C26H32O12. The number of carbonyl (C=O) groups excluding carboxylic acids is 2. The summed E-state index contributed by atoms with van der Waals surface area (Å²) in [5.74, 6) is -2.21. The first kappa shape index (κ1) is 28.0. The SMILES string of the molecule is COC(=O)C1=CO[C@H](O[C@H]2O[C@@H](CO)[C@H](O)[C@@H](O)[C@@H]2O)[C@H]2[C@H](COC(=O)C=Cc3ccc(O)cc3)CC[C@@H]12. The number of fused-ring (bicyclic) bond motifs is 1. The van der Waals surface area contributed by atoms with Crippen LogP contribution in [-0.4, -0.2) is 94.8 Å². The minimum absolute atomic E-state index is 0.00767. The van der Waals surface area contributed by atoms with Crippen molar-refractivity contribution in [2.75, 3.05) is 20.3 Å². The lowest BCUT2D eigenvalue weighted by atomic mass is 9.83. The number of benzene rings is 1. The van der Waals surface area contributed by atoms with Crippen molar-refractivity contribution >= 4 is 18.0 Å². The monoisotopic (exact) mass is 536 g/mol. The van der Waals surface area contributed by atoms with Crippen LogP contribution in [0.15, 0.2) is 42.2 Å². The molecule has 0 unspecified atom stereocenters. The van der Waals surface area contributed by atoms with Crippen molar-refractivity contribution in [3.8, 4) is 5.75 Å². The highest BCUT2D eigenvalue weighted by Crippen LogP contribution is 2.47. The quantitative estimate of drug-likeness (QED) is 0.219. The molecule has 2 fully saturated rings. The van der Waals surface area contributed by atoms with E-state index in [1.165, 1.54) is 31.6 Å². The second kappa shape index (κ2) is 12.2. The van der Waals surface area contributed by atoms with Gasteiger partial charge in [-0.1, -0.05) is 12.1 Å². The molecular weight excluding hydrogens is 504 g/mol. The van der Waals surface area contributed by atoms with Crippen LogP contribution in [-0.2, 0) is 33.3 Å². The van der Waals surface area contributed by atoms with E-state index in [9.17, 15) is 35.1 Å². The highest BCUT2D eigenvalue weighted by atomic mass is 16.8. The van der Waals surface area contributed by atoms with Gasteiger partial charge in [-0.3, -0.25) is 0 Å². The molecule has 12 nitrogen and oxygen atoms in total. The van der Waals surface area contributed by atoms with Gasteiger partial charge in [0, 0.05) is 23.8 Å². The average Bonchev–Trinajstić information content (AvgIpc) is 3.36. The van der Waals surface area contributed by atoms with Gasteiger partial charge < -0.3 is 49.2 Å². The van der Waals surface area contributed by atoms with Crippen LogP contribution in [0.1, 0.15) is 18.4 Å². The third-order valence-corrected chi connectivity index (χ3v) is 7.18. The van der Waals surface area contributed by atoms with Crippen LogP contribution in [0.5, 0.6) is 5.75 Å². The Bertz CT molecular complexity index is 1040. The second-order valence-electron chi connectivity index (χ2n) is 9.48. The van der Waals surface area contributed by atoms with E-state index in [1.54, 1.807) is 18.2 Å². The second-order valence-corrected chi connectivity index (χ2v) is 9.48. The molecule has 3 aliphatic rings. The molecule has 2 heterocycles. The third-order valence-electron chi connectivity index (χ3n) is 7.18. The van der Waals surface area contributed by atoms with Gasteiger partial charge in [0.2, 0.25) is 6.29 Å². The van der Waals surface area contributed by atoms with Gasteiger partial charge in [0.25, 0.3) is 0 Å². The van der Waals surface area contributed by atoms with E-state index in [2.05, 4.69) is 0 Å².